The van der Waals surface area contributed by atoms with E-state index in [1.54, 1.807) is 12.1 Å². The average Bonchev–Trinajstić information content (AvgIpc) is 2.54. The van der Waals surface area contributed by atoms with Gasteiger partial charge in [-0.2, -0.15) is 0 Å². The summed E-state index contributed by atoms with van der Waals surface area (Å²) >= 11 is 0. The van der Waals surface area contributed by atoms with Crippen molar-refractivity contribution in [1.82, 2.24) is 0 Å². The fourth-order valence-electron chi connectivity index (χ4n) is 2.22. The lowest BCUT2D eigenvalue weighted by Gasteiger charge is -2.10. The number of rotatable bonds is 4. The first-order valence-corrected chi connectivity index (χ1v) is 7.46. The summed E-state index contributed by atoms with van der Waals surface area (Å²) in [6.45, 7) is 6.21. The third-order valence-corrected chi connectivity index (χ3v) is 3.94. The molecule has 2 aromatic rings. The standard InChI is InChI=1S/C19H19F2NO/c1-4-12(2)13(3)14-8-10-15(11-9-14)22-19(23)18-16(20)6-5-7-17(18)21/h5-11H,4H2,1-3H3,(H,22,23)/b13-12+. The van der Waals surface area contributed by atoms with Gasteiger partial charge in [-0.15, -0.1) is 0 Å². The molecule has 0 saturated heterocycles. The van der Waals surface area contributed by atoms with Gasteiger partial charge < -0.3 is 5.32 Å². The second kappa shape index (κ2) is 7.18. The summed E-state index contributed by atoms with van der Waals surface area (Å²) in [5.41, 5.74) is 3.44. The van der Waals surface area contributed by atoms with Crippen LogP contribution in [0, 0.1) is 11.6 Å². The highest BCUT2D eigenvalue weighted by molar-refractivity contribution is 6.04. The first-order chi connectivity index (χ1) is 10.9. The van der Waals surface area contributed by atoms with Gasteiger partial charge in [0.05, 0.1) is 0 Å². The van der Waals surface area contributed by atoms with Crippen molar-refractivity contribution in [2.75, 3.05) is 5.32 Å². The molecule has 0 spiro atoms. The number of hydrogen-bond acceptors (Lipinski definition) is 1. The van der Waals surface area contributed by atoms with Gasteiger partial charge in [-0.05, 0) is 55.7 Å². The van der Waals surface area contributed by atoms with Crippen molar-refractivity contribution >= 4 is 17.2 Å². The second-order valence-electron chi connectivity index (χ2n) is 5.39. The fourth-order valence-corrected chi connectivity index (χ4v) is 2.22. The Morgan fingerprint density at radius 3 is 2.09 bits per heavy atom. The molecule has 0 fully saturated rings. The van der Waals surface area contributed by atoms with Crippen LogP contribution in [0.25, 0.3) is 5.57 Å². The summed E-state index contributed by atoms with van der Waals surface area (Å²) in [5.74, 6) is -2.56. The molecule has 0 unspecified atom stereocenters. The van der Waals surface area contributed by atoms with Gasteiger partial charge in [0.25, 0.3) is 5.91 Å². The molecule has 4 heteroatoms. The van der Waals surface area contributed by atoms with Crippen LogP contribution in [0.5, 0.6) is 0 Å². The number of benzene rings is 2. The van der Waals surface area contributed by atoms with E-state index < -0.39 is 23.1 Å². The van der Waals surface area contributed by atoms with E-state index in [-0.39, 0.29) is 0 Å². The van der Waals surface area contributed by atoms with Crippen LogP contribution in [-0.2, 0) is 0 Å². The normalized spacial score (nSPS) is 11.9. The van der Waals surface area contributed by atoms with E-state index >= 15 is 0 Å². The monoisotopic (exact) mass is 315 g/mol. The highest BCUT2D eigenvalue weighted by Gasteiger charge is 2.17. The van der Waals surface area contributed by atoms with Gasteiger partial charge in [-0.3, -0.25) is 4.79 Å². The number of hydrogen-bond donors (Lipinski definition) is 1. The van der Waals surface area contributed by atoms with Gasteiger partial charge in [0.15, 0.2) is 0 Å². The van der Waals surface area contributed by atoms with Gasteiger partial charge in [0.1, 0.15) is 17.2 Å². The Labute approximate surface area is 134 Å². The maximum Gasteiger partial charge on any atom is 0.261 e. The van der Waals surface area contributed by atoms with Gasteiger partial charge in [0, 0.05) is 5.69 Å². The molecule has 23 heavy (non-hydrogen) atoms. The lowest BCUT2D eigenvalue weighted by Crippen LogP contribution is -2.15. The van der Waals surface area contributed by atoms with E-state index in [0.29, 0.717) is 5.69 Å². The zero-order valence-electron chi connectivity index (χ0n) is 13.4. The summed E-state index contributed by atoms with van der Waals surface area (Å²) in [6, 6.07) is 10.5. The van der Waals surface area contributed by atoms with Crippen molar-refractivity contribution in [3.63, 3.8) is 0 Å². The van der Waals surface area contributed by atoms with Crippen molar-refractivity contribution in [2.45, 2.75) is 27.2 Å². The molecule has 0 heterocycles. The summed E-state index contributed by atoms with van der Waals surface area (Å²) < 4.78 is 27.2. The fraction of sp³-hybridized carbons (Fsp3) is 0.211. The number of halogens is 2. The van der Waals surface area contributed by atoms with Crippen LogP contribution < -0.4 is 5.32 Å². The topological polar surface area (TPSA) is 29.1 Å². The minimum absolute atomic E-state index is 0.489. The molecule has 0 aliphatic rings. The molecule has 0 radical (unpaired) electrons. The maximum atomic E-state index is 13.6. The predicted octanol–water partition coefficient (Wildman–Crippen LogP) is 5.42. The van der Waals surface area contributed by atoms with E-state index in [1.807, 2.05) is 19.1 Å². The van der Waals surface area contributed by atoms with E-state index in [0.717, 1.165) is 24.1 Å². The molecule has 0 aliphatic heterocycles. The molecule has 0 atom stereocenters. The minimum atomic E-state index is -0.878. The molecule has 2 rings (SSSR count). The Morgan fingerprint density at radius 1 is 1.00 bits per heavy atom. The van der Waals surface area contributed by atoms with Crippen LogP contribution in [-0.4, -0.2) is 5.91 Å². The molecule has 0 aromatic heterocycles. The van der Waals surface area contributed by atoms with Crippen LogP contribution in [0.4, 0.5) is 14.5 Å². The summed E-state index contributed by atoms with van der Waals surface area (Å²) in [4.78, 5) is 12.0. The third-order valence-electron chi connectivity index (χ3n) is 3.94. The van der Waals surface area contributed by atoms with Crippen LogP contribution in [0.2, 0.25) is 0 Å². The van der Waals surface area contributed by atoms with Crippen molar-refractivity contribution in [3.8, 4) is 0 Å². The minimum Gasteiger partial charge on any atom is -0.322 e. The Bertz CT molecular complexity index is 728. The lowest BCUT2D eigenvalue weighted by molar-refractivity contribution is 0.101. The largest absolute Gasteiger partial charge is 0.322 e. The summed E-state index contributed by atoms with van der Waals surface area (Å²) in [7, 11) is 0. The molecular formula is C19H19F2NO. The smallest absolute Gasteiger partial charge is 0.261 e. The number of carbonyl (C=O) groups excluding carboxylic acids is 1. The number of nitrogens with one attached hydrogen (secondary N) is 1. The first-order valence-electron chi connectivity index (χ1n) is 7.46. The van der Waals surface area contributed by atoms with Crippen LogP contribution in [0.15, 0.2) is 48.0 Å². The van der Waals surface area contributed by atoms with E-state index in [9.17, 15) is 13.6 Å². The molecule has 2 nitrogen and oxygen atoms in total. The molecule has 2 aromatic carbocycles. The molecule has 1 N–H and O–H groups in total. The highest BCUT2D eigenvalue weighted by atomic mass is 19.1. The number of allylic oxidation sites excluding steroid dienone is 2. The highest BCUT2D eigenvalue weighted by Crippen LogP contribution is 2.22. The van der Waals surface area contributed by atoms with Crippen LogP contribution >= 0.6 is 0 Å². The Hall–Kier alpha value is -2.49. The molecule has 1 amide bonds. The van der Waals surface area contributed by atoms with Crippen molar-refractivity contribution in [2.24, 2.45) is 0 Å². The molecule has 0 aliphatic carbocycles. The van der Waals surface area contributed by atoms with E-state index in [4.69, 9.17) is 0 Å². The Kier molecular flexibility index (Phi) is 5.27. The van der Waals surface area contributed by atoms with Gasteiger partial charge >= 0.3 is 0 Å². The van der Waals surface area contributed by atoms with Gasteiger partial charge in [-0.1, -0.05) is 30.7 Å². The summed E-state index contributed by atoms with van der Waals surface area (Å²) in [5, 5.41) is 2.51. The van der Waals surface area contributed by atoms with Gasteiger partial charge in [-0.25, -0.2) is 8.78 Å². The molecule has 0 saturated carbocycles. The van der Waals surface area contributed by atoms with E-state index in [2.05, 4.69) is 19.2 Å². The second-order valence-corrected chi connectivity index (χ2v) is 5.39. The number of amides is 1. The van der Waals surface area contributed by atoms with Gasteiger partial charge in [0.2, 0.25) is 0 Å². The van der Waals surface area contributed by atoms with Crippen LogP contribution in [0.3, 0.4) is 0 Å². The molecule has 120 valence electrons. The quantitative estimate of drug-likeness (QED) is 0.802. The van der Waals surface area contributed by atoms with Crippen molar-refractivity contribution < 1.29 is 13.6 Å². The molecular weight excluding hydrogens is 296 g/mol. The zero-order valence-corrected chi connectivity index (χ0v) is 13.4. The van der Waals surface area contributed by atoms with Crippen molar-refractivity contribution in [1.29, 1.82) is 0 Å². The van der Waals surface area contributed by atoms with Crippen molar-refractivity contribution in [3.05, 3.63) is 70.8 Å². The average molecular weight is 315 g/mol. The van der Waals surface area contributed by atoms with E-state index in [1.165, 1.54) is 17.2 Å². The summed E-state index contributed by atoms with van der Waals surface area (Å²) in [6.07, 6.45) is 0.969. The molecule has 0 bridgehead atoms. The predicted molar refractivity (Wildman–Crippen MR) is 89.3 cm³/mol. The Morgan fingerprint density at radius 2 is 1.57 bits per heavy atom. The number of anilines is 1. The lowest BCUT2D eigenvalue weighted by atomic mass is 10.0. The Balaban J connectivity index is 2.20. The number of carbonyl (C=O) groups is 1. The van der Waals surface area contributed by atoms with Crippen LogP contribution in [0.1, 0.15) is 43.1 Å². The SMILES string of the molecule is CC/C(C)=C(\C)c1ccc(NC(=O)c2c(F)cccc2F)cc1. The third kappa shape index (κ3) is 3.83. The first kappa shape index (κ1) is 16.9. The maximum absolute atomic E-state index is 13.6. The zero-order chi connectivity index (χ0) is 17.0.